The second kappa shape index (κ2) is 6.17. The fourth-order valence-corrected chi connectivity index (χ4v) is 0.857. The molecule has 2 N–H and O–H groups in total. The molecule has 0 aromatic carbocycles. The highest BCUT2D eigenvalue weighted by molar-refractivity contribution is 5.19. The molecule has 0 radical (unpaired) electrons. The van der Waals surface area contributed by atoms with E-state index < -0.39 is 0 Å². The molecule has 0 aliphatic heterocycles. The average Bonchev–Trinajstić information content (AvgIpc) is 2.24. The third-order valence-electron chi connectivity index (χ3n) is 1.38. The summed E-state index contributed by atoms with van der Waals surface area (Å²) in [5.74, 6) is 0.795. The van der Waals surface area contributed by atoms with E-state index >= 15 is 0 Å². The zero-order valence-corrected chi connectivity index (χ0v) is 7.72. The van der Waals surface area contributed by atoms with E-state index in [2.05, 4.69) is 4.98 Å². The number of ether oxygens (including phenoxy) is 2. The van der Waals surface area contributed by atoms with E-state index in [1.165, 1.54) is 0 Å². The summed E-state index contributed by atoms with van der Waals surface area (Å²) in [6, 6.07) is 5.06. The fourth-order valence-electron chi connectivity index (χ4n) is 0.857. The van der Waals surface area contributed by atoms with Crippen LogP contribution >= 0.6 is 0 Å². The lowest BCUT2D eigenvalue weighted by Crippen LogP contribution is -2.05. The van der Waals surface area contributed by atoms with Crippen molar-refractivity contribution in [3.63, 3.8) is 0 Å². The van der Waals surface area contributed by atoms with Gasteiger partial charge in [-0.15, -0.1) is 0 Å². The summed E-state index contributed by atoms with van der Waals surface area (Å²) < 4.78 is 10.1. The molecule has 0 atom stereocenters. The Kier molecular flexibility index (Phi) is 4.74. The molecule has 1 aromatic rings. The van der Waals surface area contributed by atoms with E-state index in [9.17, 15) is 0 Å². The third kappa shape index (κ3) is 3.59. The van der Waals surface area contributed by atoms with Crippen LogP contribution in [0.5, 0.6) is 11.8 Å². The van der Waals surface area contributed by atoms with Crippen LogP contribution in [0.25, 0.3) is 0 Å². The zero-order chi connectivity index (χ0) is 10.2. The van der Waals surface area contributed by atoms with Gasteiger partial charge in [-0.3, -0.25) is 0 Å². The van der Waals surface area contributed by atoms with Gasteiger partial charge in [-0.1, -0.05) is 6.07 Å². The fraction of sp³-hybridized carbons (Fsp3) is 0.444. The molecule has 0 unspecified atom stereocenters. The first-order chi connectivity index (χ1) is 6.86. The molecule has 14 heavy (non-hydrogen) atoms. The van der Waals surface area contributed by atoms with Crippen LogP contribution < -0.4 is 9.47 Å². The van der Waals surface area contributed by atoms with Crippen LogP contribution in [0.2, 0.25) is 0 Å². The number of hydrogen-bond acceptors (Lipinski definition) is 5. The van der Waals surface area contributed by atoms with Crippen molar-refractivity contribution in [2.24, 2.45) is 0 Å². The van der Waals surface area contributed by atoms with Gasteiger partial charge in [0.1, 0.15) is 13.2 Å². The topological polar surface area (TPSA) is 71.8 Å². The van der Waals surface area contributed by atoms with E-state index in [4.69, 9.17) is 19.7 Å². The third-order valence-corrected chi connectivity index (χ3v) is 1.38. The minimum absolute atomic E-state index is 0.0522. The first kappa shape index (κ1) is 10.7. The molecule has 5 nitrogen and oxygen atoms in total. The van der Waals surface area contributed by atoms with Crippen molar-refractivity contribution in [3.8, 4) is 11.8 Å². The summed E-state index contributed by atoms with van der Waals surface area (Å²) >= 11 is 0. The van der Waals surface area contributed by atoms with Crippen LogP contribution in [0, 0.1) is 0 Å². The average molecular weight is 199 g/mol. The first-order valence-corrected chi connectivity index (χ1v) is 4.31. The van der Waals surface area contributed by atoms with Crippen molar-refractivity contribution in [2.75, 3.05) is 26.4 Å². The van der Waals surface area contributed by atoms with Crippen LogP contribution in [0.15, 0.2) is 18.2 Å². The van der Waals surface area contributed by atoms with Crippen LogP contribution in [-0.2, 0) is 0 Å². The Morgan fingerprint density at radius 1 is 1.00 bits per heavy atom. The number of pyridine rings is 1. The Hall–Kier alpha value is -1.33. The van der Waals surface area contributed by atoms with Gasteiger partial charge in [0.2, 0.25) is 11.8 Å². The highest BCUT2D eigenvalue weighted by Gasteiger charge is 1.98. The van der Waals surface area contributed by atoms with Crippen LogP contribution in [0.3, 0.4) is 0 Å². The first-order valence-electron chi connectivity index (χ1n) is 4.31. The van der Waals surface area contributed by atoms with Crippen molar-refractivity contribution < 1.29 is 19.7 Å². The molecule has 5 heteroatoms. The molecule has 0 bridgehead atoms. The van der Waals surface area contributed by atoms with Gasteiger partial charge in [0.15, 0.2) is 0 Å². The highest BCUT2D eigenvalue weighted by Crippen LogP contribution is 2.12. The molecular formula is C9H13NO4. The number of aliphatic hydroxyl groups excluding tert-OH is 2. The van der Waals surface area contributed by atoms with E-state index in [1.54, 1.807) is 18.2 Å². The summed E-state index contributed by atoms with van der Waals surface area (Å²) in [4.78, 5) is 3.98. The van der Waals surface area contributed by atoms with Crippen molar-refractivity contribution in [1.29, 1.82) is 0 Å². The summed E-state index contributed by atoms with van der Waals surface area (Å²) in [5.41, 5.74) is 0. The van der Waals surface area contributed by atoms with Crippen LogP contribution in [0.4, 0.5) is 0 Å². The van der Waals surface area contributed by atoms with Crippen molar-refractivity contribution in [3.05, 3.63) is 18.2 Å². The Bertz CT molecular complexity index is 243. The summed E-state index contributed by atoms with van der Waals surface area (Å²) in [7, 11) is 0. The second-order valence-corrected chi connectivity index (χ2v) is 2.46. The lowest BCUT2D eigenvalue weighted by Gasteiger charge is -2.06. The van der Waals surface area contributed by atoms with Gasteiger partial charge in [-0.2, -0.15) is 4.98 Å². The maximum absolute atomic E-state index is 8.52. The van der Waals surface area contributed by atoms with Gasteiger partial charge in [-0.05, 0) is 0 Å². The number of aromatic nitrogens is 1. The molecule has 0 aliphatic rings. The Morgan fingerprint density at radius 3 is 1.93 bits per heavy atom. The summed E-state index contributed by atoms with van der Waals surface area (Å²) in [6.45, 7) is 0.305. The minimum Gasteiger partial charge on any atom is -0.475 e. The molecular weight excluding hydrogens is 186 g/mol. The number of hydrogen-bond donors (Lipinski definition) is 2. The quantitative estimate of drug-likeness (QED) is 0.665. The second-order valence-electron chi connectivity index (χ2n) is 2.46. The van der Waals surface area contributed by atoms with E-state index in [0.717, 1.165) is 0 Å². The lowest BCUT2D eigenvalue weighted by molar-refractivity contribution is 0.185. The molecule has 1 rings (SSSR count). The van der Waals surface area contributed by atoms with E-state index in [-0.39, 0.29) is 26.4 Å². The maximum atomic E-state index is 8.52. The Balaban J connectivity index is 2.50. The predicted octanol–water partition coefficient (Wildman–Crippen LogP) is -0.176. The molecule has 0 fully saturated rings. The summed E-state index contributed by atoms with van der Waals surface area (Å²) in [5, 5.41) is 17.0. The number of nitrogens with zero attached hydrogens (tertiary/aromatic N) is 1. The Morgan fingerprint density at radius 2 is 1.50 bits per heavy atom. The molecule has 0 amide bonds. The standard InChI is InChI=1S/C9H13NO4/c11-4-6-13-8-2-1-3-9(10-8)14-7-5-12/h1-3,11-12H,4-7H2. The largest absolute Gasteiger partial charge is 0.475 e. The van der Waals surface area contributed by atoms with Crippen molar-refractivity contribution in [1.82, 2.24) is 4.98 Å². The van der Waals surface area contributed by atoms with E-state index in [1.807, 2.05) is 0 Å². The lowest BCUT2D eigenvalue weighted by atomic mass is 10.5. The van der Waals surface area contributed by atoms with Gasteiger partial charge >= 0.3 is 0 Å². The number of rotatable bonds is 6. The summed E-state index contributed by atoms with van der Waals surface area (Å²) in [6.07, 6.45) is 0. The molecule has 0 saturated carbocycles. The van der Waals surface area contributed by atoms with Gasteiger partial charge in [-0.25, -0.2) is 0 Å². The smallest absolute Gasteiger partial charge is 0.216 e. The van der Waals surface area contributed by atoms with Crippen molar-refractivity contribution >= 4 is 0 Å². The predicted molar refractivity (Wildman–Crippen MR) is 49.4 cm³/mol. The van der Waals surface area contributed by atoms with Gasteiger partial charge in [0, 0.05) is 12.1 Å². The van der Waals surface area contributed by atoms with Gasteiger partial charge < -0.3 is 19.7 Å². The normalized spacial score (nSPS) is 9.86. The molecule has 0 saturated heterocycles. The van der Waals surface area contributed by atoms with Crippen molar-refractivity contribution in [2.45, 2.75) is 0 Å². The molecule has 0 aliphatic carbocycles. The highest BCUT2D eigenvalue weighted by atomic mass is 16.5. The zero-order valence-electron chi connectivity index (χ0n) is 7.72. The minimum atomic E-state index is -0.0522. The molecule has 78 valence electrons. The van der Waals surface area contributed by atoms with Crippen LogP contribution in [0.1, 0.15) is 0 Å². The molecule has 0 spiro atoms. The Labute approximate surface area is 81.9 Å². The van der Waals surface area contributed by atoms with E-state index in [0.29, 0.717) is 11.8 Å². The van der Waals surface area contributed by atoms with Crippen LogP contribution in [-0.4, -0.2) is 41.6 Å². The van der Waals surface area contributed by atoms with Gasteiger partial charge in [0.25, 0.3) is 0 Å². The monoisotopic (exact) mass is 199 g/mol. The SMILES string of the molecule is OCCOc1cccc(OCCO)n1. The maximum Gasteiger partial charge on any atom is 0.216 e. The molecule has 1 aromatic heterocycles. The number of aliphatic hydroxyl groups is 2. The molecule has 1 heterocycles. The van der Waals surface area contributed by atoms with Gasteiger partial charge in [0.05, 0.1) is 13.2 Å².